The Kier molecular flexibility index (Phi) is 13.3. The summed E-state index contributed by atoms with van der Waals surface area (Å²) < 4.78 is 0. The third-order valence-corrected chi connectivity index (χ3v) is 1.84. The molecule has 0 aliphatic heterocycles. The van der Waals surface area contributed by atoms with Crippen LogP contribution in [-0.2, 0) is 16.5 Å². The molecule has 0 aliphatic rings. The molecule has 0 aromatic carbocycles. The first-order valence-electron chi connectivity index (χ1n) is 5.32. The van der Waals surface area contributed by atoms with Crippen molar-refractivity contribution in [1.82, 2.24) is 4.98 Å². The summed E-state index contributed by atoms with van der Waals surface area (Å²) in [5.74, 6) is 0. The van der Waals surface area contributed by atoms with Gasteiger partial charge in [0.05, 0.1) is 0 Å². The van der Waals surface area contributed by atoms with E-state index in [-0.39, 0.29) is 16.5 Å². The maximum atomic E-state index is 4.17. The van der Waals surface area contributed by atoms with Crippen molar-refractivity contribution in [3.8, 4) is 0 Å². The molecule has 1 aromatic rings. The molecule has 0 aliphatic carbocycles. The molecular formula is C14H21NNi. The Hall–Kier alpha value is -0.876. The fourth-order valence-electron chi connectivity index (χ4n) is 1.09. The molecular weight excluding hydrogens is 241 g/mol. The predicted octanol–water partition coefficient (Wildman–Crippen LogP) is 4.22. The third-order valence-electron chi connectivity index (χ3n) is 1.84. The van der Waals surface area contributed by atoms with E-state index in [1.54, 1.807) is 0 Å². The number of rotatable bonds is 4. The van der Waals surface area contributed by atoms with Crippen LogP contribution in [0.1, 0.15) is 30.7 Å². The molecule has 0 bridgehead atoms. The van der Waals surface area contributed by atoms with Crippen LogP contribution in [0.4, 0.5) is 0 Å². The summed E-state index contributed by atoms with van der Waals surface area (Å²) in [6.07, 6.45) is 7.30. The SMILES string of the molecule is C=CCCCC=C.Cc1cccc(C)n1.[Ni]. The first-order valence-corrected chi connectivity index (χ1v) is 5.32. The zero-order chi connectivity index (χ0) is 11.5. The normalized spacial score (nSPS) is 8.12. The minimum absolute atomic E-state index is 0. The smallest absolute Gasteiger partial charge is 0.0375 e. The van der Waals surface area contributed by atoms with Crippen LogP contribution in [0.2, 0.25) is 0 Å². The Balaban J connectivity index is 0. The van der Waals surface area contributed by atoms with Gasteiger partial charge < -0.3 is 0 Å². The van der Waals surface area contributed by atoms with E-state index in [1.807, 2.05) is 44.2 Å². The van der Waals surface area contributed by atoms with Crippen LogP contribution in [0.3, 0.4) is 0 Å². The molecule has 1 nitrogen and oxygen atoms in total. The molecule has 0 saturated carbocycles. The Bertz CT molecular complexity index is 269. The topological polar surface area (TPSA) is 12.9 Å². The molecule has 16 heavy (non-hydrogen) atoms. The van der Waals surface area contributed by atoms with Gasteiger partial charge in [0.15, 0.2) is 0 Å². The molecule has 1 heterocycles. The number of allylic oxidation sites excluding steroid dienone is 2. The molecule has 0 N–H and O–H groups in total. The van der Waals surface area contributed by atoms with E-state index in [2.05, 4.69) is 18.1 Å². The van der Waals surface area contributed by atoms with E-state index in [9.17, 15) is 0 Å². The summed E-state index contributed by atoms with van der Waals surface area (Å²) in [5, 5.41) is 0. The van der Waals surface area contributed by atoms with Crippen molar-refractivity contribution >= 4 is 0 Å². The largest absolute Gasteiger partial charge is 0.258 e. The second-order valence-corrected chi connectivity index (χ2v) is 3.43. The van der Waals surface area contributed by atoms with Gasteiger partial charge >= 0.3 is 0 Å². The number of hydrogen-bond acceptors (Lipinski definition) is 1. The molecule has 0 unspecified atom stereocenters. The number of nitrogens with zero attached hydrogens (tertiary/aromatic N) is 1. The van der Waals surface area contributed by atoms with Crippen LogP contribution in [0.25, 0.3) is 0 Å². The van der Waals surface area contributed by atoms with E-state index in [4.69, 9.17) is 0 Å². The van der Waals surface area contributed by atoms with Gasteiger partial charge in [-0.25, -0.2) is 0 Å². The van der Waals surface area contributed by atoms with Crippen molar-refractivity contribution in [2.24, 2.45) is 0 Å². The van der Waals surface area contributed by atoms with Gasteiger partial charge in [0, 0.05) is 27.9 Å². The van der Waals surface area contributed by atoms with Crippen LogP contribution in [0.5, 0.6) is 0 Å². The third kappa shape index (κ3) is 11.2. The van der Waals surface area contributed by atoms with Crippen LogP contribution in [0, 0.1) is 13.8 Å². The zero-order valence-corrected chi connectivity index (χ0v) is 11.2. The maximum absolute atomic E-state index is 4.17. The van der Waals surface area contributed by atoms with E-state index in [1.165, 1.54) is 6.42 Å². The van der Waals surface area contributed by atoms with E-state index < -0.39 is 0 Å². The number of pyridine rings is 1. The Morgan fingerprint density at radius 1 is 1.06 bits per heavy atom. The molecule has 0 atom stereocenters. The van der Waals surface area contributed by atoms with E-state index in [0.717, 1.165) is 24.2 Å². The first kappa shape index (κ1) is 17.5. The molecule has 0 amide bonds. The number of aromatic nitrogens is 1. The van der Waals surface area contributed by atoms with Gasteiger partial charge in [0.1, 0.15) is 0 Å². The molecule has 0 spiro atoms. The number of aryl methyl sites for hydroxylation is 2. The van der Waals surface area contributed by atoms with Crippen LogP contribution >= 0.6 is 0 Å². The Morgan fingerprint density at radius 2 is 1.50 bits per heavy atom. The standard InChI is InChI=1S/C7H9N.C7H12.Ni/c1-6-4-3-5-7(2)8-6;1-3-5-7-6-4-2;/h3-5H,1-2H3;3-4H,1-2,5-7H2;. The van der Waals surface area contributed by atoms with Crippen LogP contribution in [0.15, 0.2) is 43.5 Å². The second-order valence-electron chi connectivity index (χ2n) is 3.43. The summed E-state index contributed by atoms with van der Waals surface area (Å²) in [7, 11) is 0. The van der Waals surface area contributed by atoms with Gasteiger partial charge in [-0.2, -0.15) is 0 Å². The van der Waals surface area contributed by atoms with Gasteiger partial charge in [-0.1, -0.05) is 18.2 Å². The molecule has 0 fully saturated rings. The zero-order valence-electron chi connectivity index (χ0n) is 10.2. The molecule has 1 aromatic heterocycles. The van der Waals surface area contributed by atoms with Crippen molar-refractivity contribution in [3.63, 3.8) is 0 Å². The van der Waals surface area contributed by atoms with Crippen LogP contribution < -0.4 is 0 Å². The average Bonchev–Trinajstić information content (AvgIpc) is 2.19. The van der Waals surface area contributed by atoms with Gasteiger partial charge in [0.25, 0.3) is 0 Å². The summed E-state index contributed by atoms with van der Waals surface area (Å²) in [5.41, 5.74) is 2.18. The van der Waals surface area contributed by atoms with Gasteiger partial charge in [-0.15, -0.1) is 13.2 Å². The number of hydrogen-bond donors (Lipinski definition) is 0. The molecule has 92 valence electrons. The fraction of sp³-hybridized carbons (Fsp3) is 0.357. The summed E-state index contributed by atoms with van der Waals surface area (Å²) >= 11 is 0. The fourth-order valence-corrected chi connectivity index (χ4v) is 1.09. The molecule has 1 rings (SSSR count). The molecule has 2 heteroatoms. The van der Waals surface area contributed by atoms with Crippen molar-refractivity contribution in [2.45, 2.75) is 33.1 Å². The second kappa shape index (κ2) is 12.2. The minimum Gasteiger partial charge on any atom is -0.258 e. The first-order chi connectivity index (χ1) is 7.20. The van der Waals surface area contributed by atoms with E-state index >= 15 is 0 Å². The predicted molar refractivity (Wildman–Crippen MR) is 68.0 cm³/mol. The van der Waals surface area contributed by atoms with Crippen molar-refractivity contribution in [1.29, 1.82) is 0 Å². The summed E-state index contributed by atoms with van der Waals surface area (Å²) in [4.78, 5) is 4.17. The maximum Gasteiger partial charge on any atom is 0.0375 e. The number of unbranched alkanes of at least 4 members (excludes halogenated alkanes) is 2. The van der Waals surface area contributed by atoms with Crippen LogP contribution in [-0.4, -0.2) is 4.98 Å². The monoisotopic (exact) mass is 261 g/mol. The summed E-state index contributed by atoms with van der Waals surface area (Å²) in [6.45, 7) is 11.2. The Labute approximate surface area is 110 Å². The average molecular weight is 262 g/mol. The van der Waals surface area contributed by atoms with Crippen molar-refractivity contribution in [2.75, 3.05) is 0 Å². The van der Waals surface area contributed by atoms with E-state index in [0.29, 0.717) is 0 Å². The van der Waals surface area contributed by atoms with Gasteiger partial charge in [-0.3, -0.25) is 4.98 Å². The molecule has 0 radical (unpaired) electrons. The van der Waals surface area contributed by atoms with Crippen molar-refractivity contribution in [3.05, 3.63) is 54.9 Å². The molecule has 0 saturated heterocycles. The quantitative estimate of drug-likeness (QED) is 0.449. The van der Waals surface area contributed by atoms with Gasteiger partial charge in [0.2, 0.25) is 0 Å². The van der Waals surface area contributed by atoms with Gasteiger partial charge in [-0.05, 0) is 45.2 Å². The minimum atomic E-state index is 0. The summed E-state index contributed by atoms with van der Waals surface area (Å²) in [6, 6.07) is 6.00. The Morgan fingerprint density at radius 3 is 1.75 bits per heavy atom. The van der Waals surface area contributed by atoms with Crippen molar-refractivity contribution < 1.29 is 16.5 Å².